The van der Waals surface area contributed by atoms with Crippen LogP contribution in [0.1, 0.15) is 23.4 Å². The number of halogens is 2. The first kappa shape index (κ1) is 18.8. The summed E-state index contributed by atoms with van der Waals surface area (Å²) in [6, 6.07) is 0. The second-order valence-corrected chi connectivity index (χ2v) is 11.5. The molecule has 0 aromatic carbocycles. The number of carbonyl (C=O) groups is 2. The summed E-state index contributed by atoms with van der Waals surface area (Å²) in [5.74, 6) is -4.92. The summed E-state index contributed by atoms with van der Waals surface area (Å²) < 4.78 is 27.6. The van der Waals surface area contributed by atoms with E-state index in [0.717, 1.165) is 13.8 Å². The number of H-pyrrole nitrogens is 2. The summed E-state index contributed by atoms with van der Waals surface area (Å²) in [5, 5.41) is 0. The molecular formula is C12H8F2HgN4O6. The molecule has 0 aliphatic rings. The van der Waals surface area contributed by atoms with E-state index in [1.807, 2.05) is 0 Å². The minimum absolute atomic E-state index is 0.299. The zero-order chi connectivity index (χ0) is 19.0. The normalized spacial score (nSPS) is 10.4. The Morgan fingerprint density at radius 3 is 1.40 bits per heavy atom. The van der Waals surface area contributed by atoms with Crippen LogP contribution in [0.4, 0.5) is 8.78 Å². The molecule has 0 fully saturated rings. The van der Waals surface area contributed by atoms with E-state index >= 15 is 0 Å². The van der Waals surface area contributed by atoms with Crippen LogP contribution in [-0.4, -0.2) is 30.9 Å². The Balaban J connectivity index is 2.92. The molecule has 2 N–H and O–H groups in total. The summed E-state index contributed by atoms with van der Waals surface area (Å²) in [5.41, 5.74) is -5.34. The van der Waals surface area contributed by atoms with Crippen molar-refractivity contribution in [2.75, 3.05) is 0 Å². The van der Waals surface area contributed by atoms with E-state index in [9.17, 15) is 37.5 Å². The van der Waals surface area contributed by atoms with Crippen LogP contribution in [0.25, 0.3) is 0 Å². The molecular weight excluding hydrogens is 535 g/mol. The topological polar surface area (TPSA) is 144 Å². The summed E-state index contributed by atoms with van der Waals surface area (Å²) >= 11 is -3.57. The Bertz CT molecular complexity index is 1050. The fraction of sp³-hybridized carbons (Fsp3) is 0.167. The van der Waals surface area contributed by atoms with Gasteiger partial charge in [-0.3, -0.25) is 0 Å². The van der Waals surface area contributed by atoms with E-state index in [-0.39, 0.29) is 0 Å². The Morgan fingerprint density at radius 2 is 1.12 bits per heavy atom. The van der Waals surface area contributed by atoms with Crippen molar-refractivity contribution in [3.8, 4) is 0 Å². The second-order valence-electron chi connectivity index (χ2n) is 4.93. The first-order chi connectivity index (χ1) is 11.6. The Kier molecular flexibility index (Phi) is 5.11. The summed E-state index contributed by atoms with van der Waals surface area (Å²) in [7, 11) is 0. The summed E-state index contributed by atoms with van der Waals surface area (Å²) in [4.78, 5) is 72.7. The standard InChI is InChI=1S/2C6H4FN2O3.Hg/c2*1-3(10)9-2-4(7)5(11)8-6(9)12;/h2*1H3,(H,8,11,12);. The molecule has 10 nitrogen and oxygen atoms in total. The van der Waals surface area contributed by atoms with E-state index < -0.39 is 76.9 Å². The molecule has 0 amide bonds. The maximum absolute atomic E-state index is 14.2. The third-order valence-electron chi connectivity index (χ3n) is 3.26. The fourth-order valence-electron chi connectivity index (χ4n) is 2.26. The van der Waals surface area contributed by atoms with Gasteiger partial charge in [0.2, 0.25) is 0 Å². The van der Waals surface area contributed by atoms with Gasteiger partial charge in [-0.2, -0.15) is 0 Å². The van der Waals surface area contributed by atoms with Crippen molar-refractivity contribution >= 4 is 18.2 Å². The molecule has 0 atom stereocenters. The molecule has 0 saturated heterocycles. The monoisotopic (exact) mass is 544 g/mol. The molecule has 0 saturated carbocycles. The quantitative estimate of drug-likeness (QED) is 0.388. The third-order valence-corrected chi connectivity index (χ3v) is 10.7. The minimum atomic E-state index is -3.57. The van der Waals surface area contributed by atoms with Crippen molar-refractivity contribution in [2.24, 2.45) is 0 Å². The van der Waals surface area contributed by atoms with Crippen LogP contribution in [0.3, 0.4) is 0 Å². The van der Waals surface area contributed by atoms with Gasteiger partial charge in [-0.25, -0.2) is 0 Å². The Hall–Kier alpha value is -2.50. The van der Waals surface area contributed by atoms with Crippen LogP contribution in [0.5, 0.6) is 0 Å². The maximum atomic E-state index is 14.2. The molecule has 13 heteroatoms. The van der Waals surface area contributed by atoms with Gasteiger partial charge in [0.25, 0.3) is 0 Å². The molecule has 2 heterocycles. The zero-order valence-electron chi connectivity index (χ0n) is 12.8. The molecule has 0 unspecified atom stereocenters. The Morgan fingerprint density at radius 1 is 0.800 bits per heavy atom. The first-order valence-electron chi connectivity index (χ1n) is 6.65. The van der Waals surface area contributed by atoms with E-state index in [0.29, 0.717) is 9.13 Å². The number of aromatic nitrogens is 4. The second kappa shape index (κ2) is 6.78. The number of nitrogens with one attached hydrogen (secondary N) is 2. The van der Waals surface area contributed by atoms with Crippen molar-refractivity contribution < 1.29 is 42.9 Å². The van der Waals surface area contributed by atoms with Gasteiger partial charge in [-0.15, -0.1) is 0 Å². The Labute approximate surface area is 147 Å². The molecule has 2 aromatic heterocycles. The predicted molar refractivity (Wildman–Crippen MR) is 74.4 cm³/mol. The predicted octanol–water partition coefficient (Wildman–Crippen LogP) is -2.98. The molecule has 0 aliphatic carbocycles. The van der Waals surface area contributed by atoms with Gasteiger partial charge in [0.1, 0.15) is 0 Å². The van der Waals surface area contributed by atoms with Crippen molar-refractivity contribution in [2.45, 2.75) is 13.8 Å². The summed E-state index contributed by atoms with van der Waals surface area (Å²) in [6.07, 6.45) is 0. The van der Waals surface area contributed by atoms with Gasteiger partial charge in [0.05, 0.1) is 0 Å². The average Bonchev–Trinajstić information content (AvgIpc) is 2.48. The van der Waals surface area contributed by atoms with Gasteiger partial charge >= 0.3 is 147 Å². The van der Waals surface area contributed by atoms with Gasteiger partial charge in [-0.1, -0.05) is 0 Å². The van der Waals surface area contributed by atoms with Crippen LogP contribution in [0.15, 0.2) is 19.2 Å². The fourth-order valence-corrected chi connectivity index (χ4v) is 10.0. The first-order valence-corrected chi connectivity index (χ1v) is 12.1. The molecule has 2 aromatic rings. The van der Waals surface area contributed by atoms with Gasteiger partial charge in [0, 0.05) is 0 Å². The van der Waals surface area contributed by atoms with Gasteiger partial charge in [0.15, 0.2) is 0 Å². The van der Waals surface area contributed by atoms with Crippen LogP contribution < -0.4 is 28.9 Å². The molecule has 2 rings (SSSR count). The zero-order valence-corrected chi connectivity index (χ0v) is 18.3. The molecule has 0 bridgehead atoms. The van der Waals surface area contributed by atoms with Gasteiger partial charge < -0.3 is 0 Å². The number of hydrogen-bond donors (Lipinski definition) is 2. The number of carbonyl (C=O) groups excluding carboxylic acids is 2. The number of aromatic amines is 2. The number of nitrogens with zero attached hydrogens (tertiary/aromatic N) is 2. The molecule has 0 aliphatic heterocycles. The van der Waals surface area contributed by atoms with E-state index in [1.54, 1.807) is 9.97 Å². The number of rotatable bonds is 2. The molecule has 0 spiro atoms. The van der Waals surface area contributed by atoms with E-state index in [2.05, 4.69) is 0 Å². The van der Waals surface area contributed by atoms with Crippen LogP contribution >= 0.6 is 0 Å². The van der Waals surface area contributed by atoms with Gasteiger partial charge in [-0.05, 0) is 0 Å². The summed E-state index contributed by atoms with van der Waals surface area (Å²) in [6.45, 7) is 1.81. The molecule has 128 valence electrons. The average molecular weight is 543 g/mol. The SMILES string of the molecule is CC(=O)n1[c]([Hg][c]2c(F)c(=O)[nH]c(=O)n2C(C)=O)c(F)c(=O)[nH]c1=O. The van der Waals surface area contributed by atoms with Crippen molar-refractivity contribution in [1.82, 2.24) is 19.1 Å². The molecule has 25 heavy (non-hydrogen) atoms. The van der Waals surface area contributed by atoms with Crippen molar-refractivity contribution in [3.05, 3.63) is 53.3 Å². The van der Waals surface area contributed by atoms with Crippen LogP contribution in [-0.2, 0) is 24.6 Å². The van der Waals surface area contributed by atoms with E-state index in [4.69, 9.17) is 0 Å². The van der Waals surface area contributed by atoms with Crippen molar-refractivity contribution in [1.29, 1.82) is 0 Å². The van der Waals surface area contributed by atoms with E-state index in [1.165, 1.54) is 0 Å². The van der Waals surface area contributed by atoms with Crippen molar-refractivity contribution in [3.63, 3.8) is 0 Å². The third kappa shape index (κ3) is 3.33. The number of hydrogen-bond acceptors (Lipinski definition) is 6. The van der Waals surface area contributed by atoms with Crippen LogP contribution in [0, 0.1) is 11.6 Å². The molecule has 0 radical (unpaired) electrons. The van der Waals surface area contributed by atoms with Crippen LogP contribution in [0.2, 0.25) is 0 Å².